The van der Waals surface area contributed by atoms with Crippen LogP contribution in [0.2, 0.25) is 5.02 Å². The summed E-state index contributed by atoms with van der Waals surface area (Å²) in [5.41, 5.74) is 8.19. The van der Waals surface area contributed by atoms with Gasteiger partial charge in [-0.2, -0.15) is 0 Å². The van der Waals surface area contributed by atoms with Crippen LogP contribution in [-0.4, -0.2) is 35.0 Å². The third-order valence-electron chi connectivity index (χ3n) is 4.37. The standard InChI is InChI=1S/C22H21ClN4O3/c1-13(28)25-8-9-26-21-12-15(16-4-2-3-5-18(16)23)11-19(27-21)14-6-7-20(29)17(10-14)22(24)30/h2-7,10-12,29H,8-9H2,1H3,(H2,24,30)(H,25,28)(H,26,27). The number of nitrogens with one attached hydrogen (secondary N) is 2. The Morgan fingerprint density at radius 3 is 2.53 bits per heavy atom. The lowest BCUT2D eigenvalue weighted by Crippen LogP contribution is -2.26. The van der Waals surface area contributed by atoms with Gasteiger partial charge in [0.05, 0.1) is 11.3 Å². The van der Waals surface area contributed by atoms with Crippen LogP contribution >= 0.6 is 11.6 Å². The number of nitrogens with two attached hydrogens (primary N) is 1. The molecule has 1 heterocycles. The van der Waals surface area contributed by atoms with E-state index in [1.807, 2.05) is 30.3 Å². The molecule has 8 heteroatoms. The summed E-state index contributed by atoms with van der Waals surface area (Å²) >= 11 is 6.38. The molecule has 0 spiro atoms. The molecule has 2 aromatic carbocycles. The number of hydrogen-bond acceptors (Lipinski definition) is 5. The molecule has 0 aliphatic heterocycles. The Labute approximate surface area is 178 Å². The number of rotatable bonds is 7. The Hall–Kier alpha value is -3.58. The van der Waals surface area contributed by atoms with Gasteiger partial charge in [0, 0.05) is 36.2 Å². The van der Waals surface area contributed by atoms with Gasteiger partial charge in [-0.3, -0.25) is 9.59 Å². The first-order valence-electron chi connectivity index (χ1n) is 9.23. The number of benzene rings is 2. The van der Waals surface area contributed by atoms with Crippen molar-refractivity contribution in [3.63, 3.8) is 0 Å². The zero-order valence-electron chi connectivity index (χ0n) is 16.3. The first-order chi connectivity index (χ1) is 14.3. The molecule has 0 aliphatic carbocycles. The second-order valence-corrected chi connectivity index (χ2v) is 7.02. The zero-order valence-corrected chi connectivity index (χ0v) is 17.0. The maximum absolute atomic E-state index is 11.6. The van der Waals surface area contributed by atoms with Crippen molar-refractivity contribution in [1.29, 1.82) is 0 Å². The molecule has 0 atom stereocenters. The van der Waals surface area contributed by atoms with Crippen molar-refractivity contribution < 1.29 is 14.7 Å². The van der Waals surface area contributed by atoms with Crippen LogP contribution in [-0.2, 0) is 4.79 Å². The molecule has 3 rings (SSSR count). The van der Waals surface area contributed by atoms with E-state index in [1.165, 1.54) is 19.1 Å². The molecular weight excluding hydrogens is 404 g/mol. The minimum absolute atomic E-state index is 0.0117. The van der Waals surface area contributed by atoms with Crippen LogP contribution in [0.4, 0.5) is 5.82 Å². The number of primary amides is 1. The first-order valence-corrected chi connectivity index (χ1v) is 9.61. The number of aromatic hydroxyl groups is 1. The van der Waals surface area contributed by atoms with Crippen LogP contribution in [0.1, 0.15) is 17.3 Å². The van der Waals surface area contributed by atoms with Crippen LogP contribution in [0.5, 0.6) is 5.75 Å². The maximum atomic E-state index is 11.6. The lowest BCUT2D eigenvalue weighted by molar-refractivity contribution is -0.118. The van der Waals surface area contributed by atoms with Gasteiger partial charge in [0.2, 0.25) is 5.91 Å². The Bertz CT molecular complexity index is 1100. The van der Waals surface area contributed by atoms with E-state index in [0.717, 1.165) is 11.1 Å². The number of anilines is 1. The molecule has 0 saturated carbocycles. The number of aromatic nitrogens is 1. The first kappa shape index (κ1) is 21.1. The van der Waals surface area contributed by atoms with E-state index < -0.39 is 5.91 Å². The molecule has 1 aromatic heterocycles. The minimum Gasteiger partial charge on any atom is -0.507 e. The van der Waals surface area contributed by atoms with Gasteiger partial charge in [0.15, 0.2) is 0 Å². The summed E-state index contributed by atoms with van der Waals surface area (Å²) in [6.07, 6.45) is 0. The number of pyridine rings is 1. The van der Waals surface area contributed by atoms with Crippen molar-refractivity contribution in [2.24, 2.45) is 5.73 Å². The molecule has 0 saturated heterocycles. The molecule has 30 heavy (non-hydrogen) atoms. The highest BCUT2D eigenvalue weighted by Crippen LogP contribution is 2.33. The topological polar surface area (TPSA) is 117 Å². The molecule has 0 bridgehead atoms. The quantitative estimate of drug-likeness (QED) is 0.433. The summed E-state index contributed by atoms with van der Waals surface area (Å²) in [6.45, 7) is 2.36. The van der Waals surface area contributed by atoms with E-state index in [2.05, 4.69) is 15.6 Å². The van der Waals surface area contributed by atoms with Gasteiger partial charge >= 0.3 is 0 Å². The number of halogens is 1. The Morgan fingerprint density at radius 2 is 1.83 bits per heavy atom. The number of nitrogens with zero attached hydrogens (tertiary/aromatic N) is 1. The van der Waals surface area contributed by atoms with Gasteiger partial charge < -0.3 is 21.5 Å². The van der Waals surface area contributed by atoms with Crippen LogP contribution in [0, 0.1) is 0 Å². The summed E-state index contributed by atoms with van der Waals surface area (Å²) in [5, 5.41) is 16.4. The van der Waals surface area contributed by atoms with E-state index >= 15 is 0 Å². The molecule has 5 N–H and O–H groups in total. The van der Waals surface area contributed by atoms with E-state index in [1.54, 1.807) is 12.1 Å². The highest BCUT2D eigenvalue weighted by molar-refractivity contribution is 6.33. The Kier molecular flexibility index (Phi) is 6.54. The van der Waals surface area contributed by atoms with E-state index in [9.17, 15) is 14.7 Å². The number of phenols is 1. The van der Waals surface area contributed by atoms with E-state index in [-0.39, 0.29) is 17.2 Å². The predicted molar refractivity (Wildman–Crippen MR) is 117 cm³/mol. The summed E-state index contributed by atoms with van der Waals surface area (Å²) in [7, 11) is 0. The van der Waals surface area contributed by atoms with Crippen LogP contribution in [0.3, 0.4) is 0 Å². The van der Waals surface area contributed by atoms with Crippen LogP contribution < -0.4 is 16.4 Å². The fraction of sp³-hybridized carbons (Fsp3) is 0.136. The van der Waals surface area contributed by atoms with E-state index in [0.29, 0.717) is 35.2 Å². The summed E-state index contributed by atoms with van der Waals surface area (Å²) in [4.78, 5) is 27.3. The third-order valence-corrected chi connectivity index (χ3v) is 4.70. The molecule has 0 unspecified atom stereocenters. The summed E-state index contributed by atoms with van der Waals surface area (Å²) in [6, 6.07) is 15.7. The van der Waals surface area contributed by atoms with Crippen molar-refractivity contribution in [2.45, 2.75) is 6.92 Å². The summed E-state index contributed by atoms with van der Waals surface area (Å²) < 4.78 is 0. The predicted octanol–water partition coefficient (Wildman–Crippen LogP) is 3.42. The third kappa shape index (κ3) is 5.07. The molecule has 0 aliphatic rings. The Balaban J connectivity index is 2.03. The number of carbonyl (C=O) groups excluding carboxylic acids is 2. The van der Waals surface area contributed by atoms with Crippen molar-refractivity contribution in [3.05, 3.63) is 65.2 Å². The number of carbonyl (C=O) groups is 2. The van der Waals surface area contributed by atoms with Gasteiger partial charge in [-0.15, -0.1) is 0 Å². The smallest absolute Gasteiger partial charge is 0.252 e. The fourth-order valence-corrected chi connectivity index (χ4v) is 3.19. The maximum Gasteiger partial charge on any atom is 0.252 e. The monoisotopic (exact) mass is 424 g/mol. The van der Waals surface area contributed by atoms with Gasteiger partial charge in [-0.1, -0.05) is 29.8 Å². The number of amides is 2. The van der Waals surface area contributed by atoms with Gasteiger partial charge in [0.1, 0.15) is 11.6 Å². The summed E-state index contributed by atoms with van der Waals surface area (Å²) in [5.74, 6) is -0.466. The van der Waals surface area contributed by atoms with Gasteiger partial charge in [0.25, 0.3) is 5.91 Å². The van der Waals surface area contributed by atoms with E-state index in [4.69, 9.17) is 17.3 Å². The highest BCUT2D eigenvalue weighted by atomic mass is 35.5. The minimum atomic E-state index is -0.731. The molecule has 0 fully saturated rings. The SMILES string of the molecule is CC(=O)NCCNc1cc(-c2ccccc2Cl)cc(-c2ccc(O)c(C(N)=O)c2)n1. The van der Waals surface area contributed by atoms with Crippen molar-refractivity contribution in [3.8, 4) is 28.1 Å². The largest absolute Gasteiger partial charge is 0.507 e. The van der Waals surface area contributed by atoms with Gasteiger partial charge in [-0.05, 0) is 42.0 Å². The normalized spacial score (nSPS) is 10.5. The van der Waals surface area contributed by atoms with Crippen molar-refractivity contribution in [1.82, 2.24) is 10.3 Å². The highest BCUT2D eigenvalue weighted by Gasteiger charge is 2.13. The Morgan fingerprint density at radius 1 is 1.07 bits per heavy atom. The molecule has 3 aromatic rings. The molecule has 0 radical (unpaired) electrons. The lowest BCUT2D eigenvalue weighted by atomic mass is 10.0. The van der Waals surface area contributed by atoms with Crippen molar-refractivity contribution in [2.75, 3.05) is 18.4 Å². The second-order valence-electron chi connectivity index (χ2n) is 6.61. The fourth-order valence-electron chi connectivity index (χ4n) is 2.94. The average molecular weight is 425 g/mol. The molecular formula is C22H21ClN4O3. The lowest BCUT2D eigenvalue weighted by Gasteiger charge is -2.13. The zero-order chi connectivity index (χ0) is 21.7. The van der Waals surface area contributed by atoms with Gasteiger partial charge in [-0.25, -0.2) is 4.98 Å². The average Bonchev–Trinajstić information content (AvgIpc) is 2.71. The second kappa shape index (κ2) is 9.28. The molecule has 154 valence electrons. The molecule has 7 nitrogen and oxygen atoms in total. The van der Waals surface area contributed by atoms with Crippen LogP contribution in [0.15, 0.2) is 54.6 Å². The molecule has 2 amide bonds. The van der Waals surface area contributed by atoms with Crippen LogP contribution in [0.25, 0.3) is 22.4 Å². The number of hydrogen-bond donors (Lipinski definition) is 4. The van der Waals surface area contributed by atoms with Crippen molar-refractivity contribution >= 4 is 29.2 Å².